The number of aryl methyl sites for hydroxylation is 1. The van der Waals surface area contributed by atoms with Crippen molar-refractivity contribution in [1.82, 2.24) is 0 Å². The van der Waals surface area contributed by atoms with Crippen LogP contribution in [-0.2, 0) is 7.05 Å². The van der Waals surface area contributed by atoms with Crippen LogP contribution >= 0.6 is 11.3 Å². The zero-order chi connectivity index (χ0) is 18.3. The SMILES string of the molecule is C[n+]1ccccc1-c1ccc(C#Cc2ccccc2)s1.F[B-](F)(F)F. The first kappa shape index (κ1) is 18.7. The van der Waals surface area contributed by atoms with E-state index in [9.17, 15) is 17.3 Å². The van der Waals surface area contributed by atoms with Gasteiger partial charge in [0, 0.05) is 17.7 Å². The van der Waals surface area contributed by atoms with Gasteiger partial charge in [-0.2, -0.15) is 0 Å². The third-order valence-electron chi connectivity index (χ3n) is 3.02. The van der Waals surface area contributed by atoms with Crippen LogP contribution in [0.25, 0.3) is 10.6 Å². The summed E-state index contributed by atoms with van der Waals surface area (Å²) in [7, 11) is -3.94. The smallest absolute Gasteiger partial charge is 0.418 e. The van der Waals surface area contributed by atoms with E-state index in [0.29, 0.717) is 0 Å². The minimum atomic E-state index is -6.00. The van der Waals surface area contributed by atoms with E-state index in [1.165, 1.54) is 10.6 Å². The monoisotopic (exact) mass is 363 g/mol. The molecule has 0 fully saturated rings. The van der Waals surface area contributed by atoms with Crippen LogP contribution in [0.1, 0.15) is 10.4 Å². The number of hydrogen-bond acceptors (Lipinski definition) is 1. The molecular formula is C18H14BF4NS. The van der Waals surface area contributed by atoms with Crippen molar-refractivity contribution in [3.8, 4) is 22.4 Å². The summed E-state index contributed by atoms with van der Waals surface area (Å²) in [6.07, 6.45) is 2.06. The van der Waals surface area contributed by atoms with E-state index in [1.54, 1.807) is 11.3 Å². The number of aromatic nitrogens is 1. The number of nitrogens with zero attached hydrogens (tertiary/aromatic N) is 1. The second-order valence-electron chi connectivity index (χ2n) is 4.97. The van der Waals surface area contributed by atoms with Gasteiger partial charge in [0.15, 0.2) is 6.20 Å². The van der Waals surface area contributed by atoms with Crippen LogP contribution < -0.4 is 4.57 Å². The van der Waals surface area contributed by atoms with Gasteiger partial charge in [0.05, 0.1) is 9.75 Å². The molecule has 0 saturated heterocycles. The quantitative estimate of drug-likeness (QED) is 0.250. The highest BCUT2D eigenvalue weighted by atomic mass is 32.1. The molecule has 0 amide bonds. The predicted molar refractivity (Wildman–Crippen MR) is 93.5 cm³/mol. The summed E-state index contributed by atoms with van der Waals surface area (Å²) in [6, 6.07) is 20.5. The van der Waals surface area contributed by atoms with E-state index in [1.807, 2.05) is 36.4 Å². The maximum atomic E-state index is 9.75. The molecule has 0 spiro atoms. The lowest BCUT2D eigenvalue weighted by atomic mass is 10.2. The fourth-order valence-corrected chi connectivity index (χ4v) is 2.91. The van der Waals surface area contributed by atoms with Gasteiger partial charge in [-0.05, 0) is 30.3 Å². The molecule has 0 N–H and O–H groups in total. The number of benzene rings is 1. The average molecular weight is 363 g/mol. The lowest BCUT2D eigenvalue weighted by Crippen LogP contribution is -2.29. The van der Waals surface area contributed by atoms with Crippen LogP contribution in [0.2, 0.25) is 0 Å². The van der Waals surface area contributed by atoms with E-state index >= 15 is 0 Å². The molecule has 3 rings (SSSR count). The molecule has 0 atom stereocenters. The average Bonchev–Trinajstić information content (AvgIpc) is 3.01. The Bertz CT molecular complexity index is 873. The summed E-state index contributed by atoms with van der Waals surface area (Å²) >= 11 is 1.72. The lowest BCUT2D eigenvalue weighted by molar-refractivity contribution is -0.660. The summed E-state index contributed by atoms with van der Waals surface area (Å²) in [6.45, 7) is 0. The van der Waals surface area contributed by atoms with Crippen molar-refractivity contribution in [1.29, 1.82) is 0 Å². The Balaban J connectivity index is 0.000000399. The summed E-state index contributed by atoms with van der Waals surface area (Å²) in [5.41, 5.74) is 2.26. The summed E-state index contributed by atoms with van der Waals surface area (Å²) < 4.78 is 41.1. The highest BCUT2D eigenvalue weighted by Crippen LogP contribution is 2.24. The van der Waals surface area contributed by atoms with E-state index < -0.39 is 7.25 Å². The summed E-state index contributed by atoms with van der Waals surface area (Å²) in [5.74, 6) is 6.42. The maximum Gasteiger partial charge on any atom is 0.673 e. The molecule has 0 bridgehead atoms. The molecule has 2 aromatic heterocycles. The van der Waals surface area contributed by atoms with E-state index in [4.69, 9.17) is 0 Å². The standard InChI is InChI=1S/C18H14NS.BF4/c1-19-14-6-5-9-17(19)18-13-12-16(20-18)11-10-15-7-3-2-4-8-15;2-1(3,4)5/h2-9,12-14H,1H3;/q+1;-1. The Morgan fingerprint density at radius 3 is 2.12 bits per heavy atom. The summed E-state index contributed by atoms with van der Waals surface area (Å²) in [5, 5.41) is 0. The van der Waals surface area contributed by atoms with Crippen molar-refractivity contribution < 1.29 is 21.8 Å². The third-order valence-corrected chi connectivity index (χ3v) is 4.04. The normalized spacial score (nSPS) is 10.3. The Morgan fingerprint density at radius 2 is 1.48 bits per heavy atom. The molecule has 0 aliphatic rings. The van der Waals surface area contributed by atoms with Crippen molar-refractivity contribution in [2.75, 3.05) is 0 Å². The second kappa shape index (κ2) is 8.49. The first-order valence-corrected chi connectivity index (χ1v) is 8.14. The molecule has 1 nitrogen and oxygen atoms in total. The van der Waals surface area contributed by atoms with Gasteiger partial charge in [0.25, 0.3) is 0 Å². The van der Waals surface area contributed by atoms with Crippen molar-refractivity contribution in [2.24, 2.45) is 7.05 Å². The molecule has 0 saturated carbocycles. The van der Waals surface area contributed by atoms with Crippen molar-refractivity contribution in [2.45, 2.75) is 0 Å². The second-order valence-corrected chi connectivity index (χ2v) is 6.06. The van der Waals surface area contributed by atoms with Crippen LogP contribution in [0.5, 0.6) is 0 Å². The van der Waals surface area contributed by atoms with E-state index in [-0.39, 0.29) is 0 Å². The third kappa shape index (κ3) is 6.82. The van der Waals surface area contributed by atoms with E-state index in [2.05, 4.69) is 53.9 Å². The molecule has 0 aliphatic carbocycles. The molecule has 128 valence electrons. The molecular weight excluding hydrogens is 349 g/mol. The van der Waals surface area contributed by atoms with Gasteiger partial charge in [-0.25, -0.2) is 4.57 Å². The highest BCUT2D eigenvalue weighted by Gasteiger charge is 2.20. The molecule has 0 unspecified atom stereocenters. The van der Waals surface area contributed by atoms with Gasteiger partial charge in [-0.15, -0.1) is 11.3 Å². The number of hydrogen-bond donors (Lipinski definition) is 0. The predicted octanol–water partition coefficient (Wildman–Crippen LogP) is 4.94. The van der Waals surface area contributed by atoms with Gasteiger partial charge in [0.1, 0.15) is 7.05 Å². The van der Waals surface area contributed by atoms with Crippen LogP contribution in [0.15, 0.2) is 66.9 Å². The van der Waals surface area contributed by atoms with Gasteiger partial charge in [-0.1, -0.05) is 30.0 Å². The molecule has 0 radical (unpaired) electrons. The Labute approximate surface area is 147 Å². The van der Waals surface area contributed by atoms with Crippen LogP contribution in [0.4, 0.5) is 17.3 Å². The molecule has 2 heterocycles. The Kier molecular flexibility index (Phi) is 6.37. The summed E-state index contributed by atoms with van der Waals surface area (Å²) in [4.78, 5) is 2.33. The highest BCUT2D eigenvalue weighted by molar-refractivity contribution is 7.15. The molecule has 25 heavy (non-hydrogen) atoms. The van der Waals surface area contributed by atoms with Crippen LogP contribution in [0.3, 0.4) is 0 Å². The zero-order valence-electron chi connectivity index (χ0n) is 13.3. The van der Waals surface area contributed by atoms with Gasteiger partial charge in [-0.3, -0.25) is 0 Å². The number of rotatable bonds is 1. The molecule has 7 heteroatoms. The van der Waals surface area contributed by atoms with Crippen molar-refractivity contribution in [3.05, 3.63) is 77.3 Å². The Hall–Kier alpha value is -2.59. The van der Waals surface area contributed by atoms with Crippen LogP contribution in [-0.4, -0.2) is 7.25 Å². The fourth-order valence-electron chi connectivity index (χ4n) is 1.98. The van der Waals surface area contributed by atoms with Crippen molar-refractivity contribution >= 4 is 18.6 Å². The fraction of sp³-hybridized carbons (Fsp3) is 0.0556. The van der Waals surface area contributed by atoms with Crippen molar-refractivity contribution in [3.63, 3.8) is 0 Å². The topological polar surface area (TPSA) is 3.88 Å². The van der Waals surface area contributed by atoms with E-state index in [0.717, 1.165) is 10.4 Å². The first-order chi connectivity index (χ1) is 11.8. The van der Waals surface area contributed by atoms with Crippen LogP contribution in [0, 0.1) is 11.8 Å². The molecule has 0 aliphatic heterocycles. The number of pyridine rings is 1. The zero-order valence-corrected chi connectivity index (χ0v) is 14.1. The minimum absolute atomic E-state index is 1.05. The molecule has 3 aromatic rings. The molecule has 1 aromatic carbocycles. The minimum Gasteiger partial charge on any atom is -0.418 e. The van der Waals surface area contributed by atoms with Gasteiger partial charge < -0.3 is 17.3 Å². The maximum absolute atomic E-state index is 9.75. The lowest BCUT2D eigenvalue weighted by Gasteiger charge is -1.94. The first-order valence-electron chi connectivity index (χ1n) is 7.32. The Morgan fingerprint density at radius 1 is 0.840 bits per heavy atom. The van der Waals surface area contributed by atoms with Gasteiger partial charge >= 0.3 is 7.25 Å². The van der Waals surface area contributed by atoms with Gasteiger partial charge in [0.2, 0.25) is 5.69 Å². The largest absolute Gasteiger partial charge is 0.673 e. The number of thiophene rings is 1. The number of halogens is 4.